The minimum atomic E-state index is 0.519. The van der Waals surface area contributed by atoms with Crippen LogP contribution in [0.2, 0.25) is 0 Å². The van der Waals surface area contributed by atoms with Gasteiger partial charge in [-0.25, -0.2) is 4.99 Å². The maximum atomic E-state index is 4.71. The van der Waals surface area contributed by atoms with Crippen LogP contribution < -0.4 is 10.6 Å². The van der Waals surface area contributed by atoms with E-state index in [1.807, 2.05) is 12.3 Å². The van der Waals surface area contributed by atoms with Crippen molar-refractivity contribution in [2.45, 2.75) is 52.6 Å². The number of guanidine groups is 1. The molecule has 5 nitrogen and oxygen atoms in total. The van der Waals surface area contributed by atoms with Crippen molar-refractivity contribution < 1.29 is 0 Å². The van der Waals surface area contributed by atoms with Crippen molar-refractivity contribution in [1.29, 1.82) is 0 Å². The van der Waals surface area contributed by atoms with Gasteiger partial charge in [0.15, 0.2) is 5.96 Å². The fraction of sp³-hybridized carbons (Fsp3) is 0.667. The molecule has 1 aliphatic heterocycles. The number of piperidine rings is 1. The number of rotatable bonds is 6. The number of nitrogens with one attached hydrogen (secondary N) is 2. The third kappa shape index (κ3) is 5.82. The van der Waals surface area contributed by atoms with Crippen LogP contribution >= 0.6 is 0 Å². The second-order valence-corrected chi connectivity index (χ2v) is 6.22. The Morgan fingerprint density at radius 3 is 2.78 bits per heavy atom. The molecule has 0 aromatic carbocycles. The average molecular weight is 317 g/mol. The summed E-state index contributed by atoms with van der Waals surface area (Å²) in [6.45, 7) is 11.5. The lowest BCUT2D eigenvalue weighted by Gasteiger charge is -2.32. The quantitative estimate of drug-likeness (QED) is 0.624. The third-order valence-electron chi connectivity index (χ3n) is 4.32. The second-order valence-electron chi connectivity index (χ2n) is 6.22. The summed E-state index contributed by atoms with van der Waals surface area (Å²) in [5.41, 5.74) is 2.24. The van der Waals surface area contributed by atoms with Crippen molar-refractivity contribution in [2.75, 3.05) is 26.2 Å². The Balaban J connectivity index is 1.88. The summed E-state index contributed by atoms with van der Waals surface area (Å²) in [4.78, 5) is 11.7. The van der Waals surface area contributed by atoms with E-state index in [4.69, 9.17) is 4.99 Å². The zero-order valence-electron chi connectivity index (χ0n) is 14.8. The summed E-state index contributed by atoms with van der Waals surface area (Å²) < 4.78 is 0. The van der Waals surface area contributed by atoms with Crippen molar-refractivity contribution in [3.8, 4) is 0 Å². The summed E-state index contributed by atoms with van der Waals surface area (Å²) in [7, 11) is 0. The zero-order valence-corrected chi connectivity index (χ0v) is 14.8. The van der Waals surface area contributed by atoms with Gasteiger partial charge in [-0.15, -0.1) is 0 Å². The normalized spacial score (nSPS) is 17.3. The van der Waals surface area contributed by atoms with Gasteiger partial charge in [-0.05, 0) is 51.3 Å². The monoisotopic (exact) mass is 317 g/mol. The van der Waals surface area contributed by atoms with Gasteiger partial charge >= 0.3 is 0 Å². The van der Waals surface area contributed by atoms with Crippen LogP contribution in [0.5, 0.6) is 0 Å². The maximum Gasteiger partial charge on any atom is 0.191 e. The number of pyridine rings is 1. The average Bonchev–Trinajstić information content (AvgIpc) is 2.56. The van der Waals surface area contributed by atoms with Gasteiger partial charge < -0.3 is 15.5 Å². The molecule has 1 aromatic rings. The van der Waals surface area contributed by atoms with Crippen molar-refractivity contribution in [3.63, 3.8) is 0 Å². The van der Waals surface area contributed by atoms with Crippen molar-refractivity contribution >= 4 is 5.96 Å². The zero-order chi connectivity index (χ0) is 16.5. The predicted octanol–water partition coefficient (Wildman–Crippen LogP) is 2.32. The Kier molecular flexibility index (Phi) is 7.33. The number of aliphatic imine (C=N–C) groups is 1. The van der Waals surface area contributed by atoms with E-state index < -0.39 is 0 Å². The highest BCUT2D eigenvalue weighted by Gasteiger charge is 2.19. The molecule has 1 aliphatic rings. The molecule has 2 rings (SSSR count). The number of nitrogens with zero attached hydrogens (tertiary/aromatic N) is 3. The summed E-state index contributed by atoms with van der Waals surface area (Å²) in [6, 6.07) is 4.57. The molecule has 0 saturated carbocycles. The van der Waals surface area contributed by atoms with E-state index in [2.05, 4.69) is 47.4 Å². The van der Waals surface area contributed by atoms with Crippen LogP contribution in [0.3, 0.4) is 0 Å². The van der Waals surface area contributed by atoms with E-state index >= 15 is 0 Å². The Bertz CT molecular complexity index is 492. The van der Waals surface area contributed by atoms with E-state index in [1.54, 1.807) is 0 Å². The van der Waals surface area contributed by atoms with Gasteiger partial charge in [-0.3, -0.25) is 4.98 Å². The van der Waals surface area contributed by atoms with Crippen LogP contribution in [0.15, 0.2) is 23.3 Å². The first-order valence-corrected chi connectivity index (χ1v) is 8.90. The molecule has 2 heterocycles. The van der Waals surface area contributed by atoms with Crippen LogP contribution in [0, 0.1) is 6.92 Å². The SMILES string of the molecule is CCCN1CCC(NC(=NCc2ncccc2C)NCC)CC1. The van der Waals surface area contributed by atoms with E-state index in [-0.39, 0.29) is 0 Å². The number of aromatic nitrogens is 1. The highest BCUT2D eigenvalue weighted by Crippen LogP contribution is 2.10. The van der Waals surface area contributed by atoms with Gasteiger partial charge in [0.2, 0.25) is 0 Å². The maximum absolute atomic E-state index is 4.71. The first-order valence-electron chi connectivity index (χ1n) is 8.90. The van der Waals surface area contributed by atoms with Crippen LogP contribution in [0.25, 0.3) is 0 Å². The van der Waals surface area contributed by atoms with Gasteiger partial charge in [-0.1, -0.05) is 13.0 Å². The Hall–Kier alpha value is -1.62. The fourth-order valence-electron chi connectivity index (χ4n) is 2.97. The molecule has 0 radical (unpaired) electrons. The van der Waals surface area contributed by atoms with Crippen molar-refractivity contribution in [3.05, 3.63) is 29.6 Å². The molecule has 0 unspecified atom stereocenters. The number of aryl methyl sites for hydroxylation is 1. The molecule has 1 fully saturated rings. The Morgan fingerprint density at radius 2 is 2.13 bits per heavy atom. The van der Waals surface area contributed by atoms with E-state index in [0.29, 0.717) is 12.6 Å². The Labute approximate surface area is 140 Å². The molecule has 0 spiro atoms. The molecular formula is C18H31N5. The largest absolute Gasteiger partial charge is 0.357 e. The van der Waals surface area contributed by atoms with Gasteiger partial charge in [0, 0.05) is 31.9 Å². The van der Waals surface area contributed by atoms with Gasteiger partial charge in [0.05, 0.1) is 12.2 Å². The molecule has 0 atom stereocenters. The third-order valence-corrected chi connectivity index (χ3v) is 4.32. The van der Waals surface area contributed by atoms with Crippen LogP contribution in [0.4, 0.5) is 0 Å². The lowest BCUT2D eigenvalue weighted by atomic mass is 10.1. The topological polar surface area (TPSA) is 52.5 Å². The fourth-order valence-corrected chi connectivity index (χ4v) is 2.97. The van der Waals surface area contributed by atoms with Gasteiger partial charge in [0.25, 0.3) is 0 Å². The molecule has 0 bridgehead atoms. The molecule has 0 aliphatic carbocycles. The lowest BCUT2D eigenvalue weighted by Crippen LogP contribution is -2.48. The molecule has 1 aromatic heterocycles. The first kappa shape index (κ1) is 17.7. The standard InChI is InChI=1S/C18H31N5/c1-4-11-23-12-8-16(9-13-23)22-18(19-5-2)21-14-17-15(3)7-6-10-20-17/h6-7,10,16H,4-5,8-9,11-14H2,1-3H3,(H2,19,21,22). The number of likely N-dealkylation sites (tertiary alicyclic amines) is 1. The number of hydrogen-bond donors (Lipinski definition) is 2. The van der Waals surface area contributed by atoms with E-state index in [0.717, 1.165) is 18.2 Å². The summed E-state index contributed by atoms with van der Waals surface area (Å²) in [6.07, 6.45) is 5.45. The molecule has 128 valence electrons. The smallest absolute Gasteiger partial charge is 0.191 e. The number of hydrogen-bond acceptors (Lipinski definition) is 3. The second kappa shape index (κ2) is 9.50. The van der Waals surface area contributed by atoms with Crippen LogP contribution in [0.1, 0.15) is 44.4 Å². The summed E-state index contributed by atoms with van der Waals surface area (Å²) in [5, 5.41) is 6.95. The van der Waals surface area contributed by atoms with Gasteiger partial charge in [0.1, 0.15) is 0 Å². The highest BCUT2D eigenvalue weighted by atomic mass is 15.2. The molecule has 1 saturated heterocycles. The minimum absolute atomic E-state index is 0.519. The van der Waals surface area contributed by atoms with E-state index in [1.165, 1.54) is 44.5 Å². The minimum Gasteiger partial charge on any atom is -0.357 e. The molecule has 5 heteroatoms. The van der Waals surface area contributed by atoms with Gasteiger partial charge in [-0.2, -0.15) is 0 Å². The molecular weight excluding hydrogens is 286 g/mol. The van der Waals surface area contributed by atoms with Crippen molar-refractivity contribution in [1.82, 2.24) is 20.5 Å². The lowest BCUT2D eigenvalue weighted by molar-refractivity contribution is 0.206. The first-order chi connectivity index (χ1) is 11.2. The van der Waals surface area contributed by atoms with E-state index in [9.17, 15) is 0 Å². The van der Waals surface area contributed by atoms with Crippen LogP contribution in [-0.2, 0) is 6.54 Å². The van der Waals surface area contributed by atoms with Crippen molar-refractivity contribution in [2.24, 2.45) is 4.99 Å². The molecule has 2 N–H and O–H groups in total. The van der Waals surface area contributed by atoms with Crippen LogP contribution in [-0.4, -0.2) is 48.1 Å². The predicted molar refractivity (Wildman–Crippen MR) is 96.7 cm³/mol. The Morgan fingerprint density at radius 1 is 1.35 bits per heavy atom. The highest BCUT2D eigenvalue weighted by molar-refractivity contribution is 5.80. The molecule has 0 amide bonds. The molecule has 23 heavy (non-hydrogen) atoms. The summed E-state index contributed by atoms with van der Waals surface area (Å²) in [5.74, 6) is 0.909. The summed E-state index contributed by atoms with van der Waals surface area (Å²) >= 11 is 0.